The number of hydrogen-bond donors (Lipinski definition) is 1. The number of carbonyl (C=O) groups excluding carboxylic acids is 2. The second-order valence-corrected chi connectivity index (χ2v) is 13.0. The van der Waals surface area contributed by atoms with Gasteiger partial charge in [-0.3, -0.25) is 13.9 Å². The van der Waals surface area contributed by atoms with Crippen LogP contribution in [-0.4, -0.2) is 44.3 Å². The summed E-state index contributed by atoms with van der Waals surface area (Å²) >= 11 is 6.55. The molecule has 0 aromatic heterocycles. The van der Waals surface area contributed by atoms with Crippen molar-refractivity contribution in [2.75, 3.05) is 17.4 Å². The summed E-state index contributed by atoms with van der Waals surface area (Å²) < 4.78 is 29.4. The predicted octanol–water partition coefficient (Wildman–Crippen LogP) is 6.32. The molecule has 0 aliphatic rings. The van der Waals surface area contributed by atoms with E-state index in [0.29, 0.717) is 28.4 Å². The van der Waals surface area contributed by atoms with E-state index in [-0.39, 0.29) is 23.8 Å². The van der Waals surface area contributed by atoms with Crippen LogP contribution in [0.3, 0.4) is 0 Å². The van der Waals surface area contributed by atoms with E-state index in [2.05, 4.69) is 5.32 Å². The maximum Gasteiger partial charge on any atom is 0.264 e. The number of carbonyl (C=O) groups is 2. The van der Waals surface area contributed by atoms with Gasteiger partial charge in [-0.05, 0) is 61.2 Å². The van der Waals surface area contributed by atoms with Crippen LogP contribution in [0.2, 0.25) is 5.02 Å². The lowest BCUT2D eigenvalue weighted by Crippen LogP contribution is -2.53. The monoisotopic (exact) mass is 631 g/mol. The first-order chi connectivity index (χ1) is 21.1. The average Bonchev–Trinajstić information content (AvgIpc) is 3.02. The maximum absolute atomic E-state index is 14.5. The molecule has 230 valence electrons. The Morgan fingerprint density at radius 2 is 1.50 bits per heavy atom. The molecule has 0 radical (unpaired) electrons. The molecule has 1 N–H and O–H groups in total. The standard InChI is InChI=1S/C35H38ClN3O4S/c1-4-21-37-35(41)33(23-28-13-7-5-8-14-28)38(24-29-15-11-12-18-31(29)36)34(40)25-39(32-20-19-26(2)22-27(32)3)44(42,43)30-16-9-6-10-17-30/h5-20,22,33H,4,21,23-25H2,1-3H3,(H,37,41)/t33-/m0/s1. The van der Waals surface area contributed by atoms with Crippen LogP contribution in [0.5, 0.6) is 0 Å². The molecule has 0 aliphatic heterocycles. The first-order valence-corrected chi connectivity index (χ1v) is 16.4. The van der Waals surface area contributed by atoms with Gasteiger partial charge in [-0.1, -0.05) is 103 Å². The quantitative estimate of drug-likeness (QED) is 0.187. The van der Waals surface area contributed by atoms with Gasteiger partial charge in [0.05, 0.1) is 10.6 Å². The van der Waals surface area contributed by atoms with Gasteiger partial charge in [-0.15, -0.1) is 0 Å². The number of sulfonamides is 1. The Morgan fingerprint density at radius 3 is 2.14 bits per heavy atom. The third-order valence-electron chi connectivity index (χ3n) is 7.35. The zero-order valence-electron chi connectivity index (χ0n) is 25.2. The van der Waals surface area contributed by atoms with Crippen LogP contribution < -0.4 is 9.62 Å². The molecular formula is C35H38ClN3O4S. The highest BCUT2D eigenvalue weighted by molar-refractivity contribution is 7.92. The fourth-order valence-corrected chi connectivity index (χ4v) is 6.74. The summed E-state index contributed by atoms with van der Waals surface area (Å²) in [5.41, 5.74) is 3.57. The van der Waals surface area contributed by atoms with Crippen molar-refractivity contribution in [2.24, 2.45) is 0 Å². The van der Waals surface area contributed by atoms with Gasteiger partial charge in [0, 0.05) is 24.5 Å². The summed E-state index contributed by atoms with van der Waals surface area (Å²) in [6.07, 6.45) is 0.958. The maximum atomic E-state index is 14.5. The van der Waals surface area contributed by atoms with E-state index < -0.39 is 28.5 Å². The Kier molecular flexibility index (Phi) is 11.2. The molecule has 4 aromatic rings. The molecule has 0 heterocycles. The molecule has 4 rings (SSSR count). The normalized spacial score (nSPS) is 11.9. The molecular weight excluding hydrogens is 594 g/mol. The molecule has 4 aromatic carbocycles. The van der Waals surface area contributed by atoms with Crippen LogP contribution in [0.25, 0.3) is 0 Å². The highest BCUT2D eigenvalue weighted by Gasteiger charge is 2.35. The number of rotatable bonds is 13. The van der Waals surface area contributed by atoms with Crippen LogP contribution in [0.15, 0.2) is 108 Å². The molecule has 7 nitrogen and oxygen atoms in total. The lowest BCUT2D eigenvalue weighted by atomic mass is 10.0. The largest absolute Gasteiger partial charge is 0.354 e. The smallest absolute Gasteiger partial charge is 0.264 e. The fraction of sp³-hybridized carbons (Fsp3) is 0.257. The zero-order chi connectivity index (χ0) is 31.7. The third kappa shape index (κ3) is 8.07. The number of aryl methyl sites for hydroxylation is 2. The number of amides is 2. The van der Waals surface area contributed by atoms with Gasteiger partial charge in [0.1, 0.15) is 12.6 Å². The lowest BCUT2D eigenvalue weighted by molar-refractivity contribution is -0.140. The highest BCUT2D eigenvalue weighted by Crippen LogP contribution is 2.29. The average molecular weight is 632 g/mol. The van der Waals surface area contributed by atoms with Gasteiger partial charge in [0.2, 0.25) is 11.8 Å². The molecule has 0 bridgehead atoms. The Hall–Kier alpha value is -4.14. The molecule has 0 saturated carbocycles. The van der Waals surface area contributed by atoms with Crippen LogP contribution in [0.1, 0.15) is 35.6 Å². The summed E-state index contributed by atoms with van der Waals surface area (Å²) in [5.74, 6) is -0.850. The van der Waals surface area contributed by atoms with Crippen molar-refractivity contribution in [3.63, 3.8) is 0 Å². The SMILES string of the molecule is CCCNC(=O)[C@H](Cc1ccccc1)N(Cc1ccccc1Cl)C(=O)CN(c1ccc(C)cc1C)S(=O)(=O)c1ccccc1. The predicted molar refractivity (Wildman–Crippen MR) is 176 cm³/mol. The first-order valence-electron chi connectivity index (χ1n) is 14.6. The summed E-state index contributed by atoms with van der Waals surface area (Å²) in [4.78, 5) is 29.7. The summed E-state index contributed by atoms with van der Waals surface area (Å²) in [6.45, 7) is 5.63. The Balaban J connectivity index is 1.82. The molecule has 2 amide bonds. The van der Waals surface area contributed by atoms with Crippen molar-refractivity contribution in [1.82, 2.24) is 10.2 Å². The van der Waals surface area contributed by atoms with E-state index >= 15 is 0 Å². The topological polar surface area (TPSA) is 86.8 Å². The molecule has 0 unspecified atom stereocenters. The minimum atomic E-state index is -4.16. The van der Waals surface area contributed by atoms with Gasteiger partial charge in [0.25, 0.3) is 10.0 Å². The fourth-order valence-electron chi connectivity index (χ4n) is 5.05. The number of nitrogens with one attached hydrogen (secondary N) is 1. The molecule has 0 saturated heterocycles. The molecule has 0 aliphatic carbocycles. The van der Waals surface area contributed by atoms with Gasteiger partial charge < -0.3 is 10.2 Å². The second-order valence-electron chi connectivity index (χ2n) is 10.7. The number of anilines is 1. The molecule has 44 heavy (non-hydrogen) atoms. The van der Waals surface area contributed by atoms with E-state index in [1.165, 1.54) is 17.0 Å². The number of halogens is 1. The van der Waals surface area contributed by atoms with Crippen LogP contribution in [-0.2, 0) is 32.6 Å². The number of hydrogen-bond acceptors (Lipinski definition) is 4. The van der Waals surface area contributed by atoms with Crippen molar-refractivity contribution in [3.05, 3.63) is 130 Å². The van der Waals surface area contributed by atoms with E-state index in [1.54, 1.807) is 42.5 Å². The molecule has 0 spiro atoms. The Morgan fingerprint density at radius 1 is 0.864 bits per heavy atom. The van der Waals surface area contributed by atoms with Gasteiger partial charge >= 0.3 is 0 Å². The molecule has 9 heteroatoms. The second kappa shape index (κ2) is 15.0. The van der Waals surface area contributed by atoms with Crippen molar-refractivity contribution in [1.29, 1.82) is 0 Å². The lowest BCUT2D eigenvalue weighted by Gasteiger charge is -2.34. The van der Waals surface area contributed by atoms with Crippen molar-refractivity contribution >= 4 is 39.1 Å². The van der Waals surface area contributed by atoms with Crippen LogP contribution >= 0.6 is 11.6 Å². The van der Waals surface area contributed by atoms with E-state index in [9.17, 15) is 18.0 Å². The van der Waals surface area contributed by atoms with Gasteiger partial charge in [-0.25, -0.2) is 8.42 Å². The molecule has 0 fully saturated rings. The van der Waals surface area contributed by atoms with E-state index in [0.717, 1.165) is 21.9 Å². The zero-order valence-corrected chi connectivity index (χ0v) is 26.8. The Labute approximate surface area is 265 Å². The van der Waals surface area contributed by atoms with E-state index in [4.69, 9.17) is 11.6 Å². The van der Waals surface area contributed by atoms with Gasteiger partial charge in [-0.2, -0.15) is 0 Å². The minimum absolute atomic E-state index is 0.0155. The summed E-state index contributed by atoms with van der Waals surface area (Å²) in [7, 11) is -4.16. The first kappa shape index (κ1) is 32.8. The molecule has 1 atom stereocenters. The van der Waals surface area contributed by atoms with E-state index in [1.807, 2.05) is 69.3 Å². The minimum Gasteiger partial charge on any atom is -0.354 e. The third-order valence-corrected chi connectivity index (χ3v) is 9.49. The highest BCUT2D eigenvalue weighted by atomic mass is 35.5. The Bertz CT molecular complexity index is 1680. The van der Waals surface area contributed by atoms with Crippen molar-refractivity contribution in [3.8, 4) is 0 Å². The number of benzene rings is 4. The van der Waals surface area contributed by atoms with Crippen molar-refractivity contribution < 1.29 is 18.0 Å². The van der Waals surface area contributed by atoms with Crippen LogP contribution in [0, 0.1) is 13.8 Å². The van der Waals surface area contributed by atoms with Crippen molar-refractivity contribution in [2.45, 2.75) is 51.1 Å². The summed E-state index contributed by atoms with van der Waals surface area (Å²) in [6, 6.07) is 29.1. The summed E-state index contributed by atoms with van der Waals surface area (Å²) in [5, 5.41) is 3.39. The number of nitrogens with zero attached hydrogens (tertiary/aromatic N) is 2. The van der Waals surface area contributed by atoms with Gasteiger partial charge in [0.15, 0.2) is 0 Å². The van der Waals surface area contributed by atoms with Crippen LogP contribution in [0.4, 0.5) is 5.69 Å².